The van der Waals surface area contributed by atoms with Crippen LogP contribution in [-0.2, 0) is 4.79 Å². The van der Waals surface area contributed by atoms with Crippen molar-refractivity contribution in [2.45, 2.75) is 45.6 Å². The summed E-state index contributed by atoms with van der Waals surface area (Å²) in [6, 6.07) is 0.711. The van der Waals surface area contributed by atoms with Gasteiger partial charge in [-0.1, -0.05) is 13.3 Å². The fourth-order valence-electron chi connectivity index (χ4n) is 2.26. The normalized spacial score (nSPS) is 20.9. The van der Waals surface area contributed by atoms with E-state index >= 15 is 0 Å². The zero-order valence-electron chi connectivity index (χ0n) is 12.1. The molecule has 0 radical (unpaired) electrons. The molecule has 116 valence electrons. The number of likely N-dealkylation sites (tertiary alicyclic amines) is 1. The van der Waals surface area contributed by atoms with Gasteiger partial charge in [-0.15, -0.1) is 24.8 Å². The van der Waals surface area contributed by atoms with Gasteiger partial charge in [0.15, 0.2) is 0 Å². The lowest BCUT2D eigenvalue weighted by atomic mass is 10.0. The van der Waals surface area contributed by atoms with Crippen LogP contribution in [0.3, 0.4) is 0 Å². The molecule has 1 saturated heterocycles. The molecule has 2 unspecified atom stereocenters. The Bertz CT molecular complexity index is 242. The van der Waals surface area contributed by atoms with Gasteiger partial charge in [-0.25, -0.2) is 0 Å². The first-order valence-electron chi connectivity index (χ1n) is 6.87. The van der Waals surface area contributed by atoms with Crippen molar-refractivity contribution in [2.75, 3.05) is 26.2 Å². The first kappa shape index (κ1) is 21.3. The monoisotopic (exact) mass is 313 g/mol. The topological polar surface area (TPSA) is 58.4 Å². The van der Waals surface area contributed by atoms with E-state index in [1.165, 1.54) is 25.8 Å². The Morgan fingerprint density at radius 2 is 2.11 bits per heavy atom. The second-order valence-electron chi connectivity index (χ2n) is 5.16. The molecule has 0 saturated carbocycles. The number of amides is 1. The number of nitrogens with zero attached hydrogens (tertiary/aromatic N) is 1. The number of carbonyl (C=O) groups is 1. The Morgan fingerprint density at radius 1 is 1.42 bits per heavy atom. The lowest BCUT2D eigenvalue weighted by Gasteiger charge is -2.33. The van der Waals surface area contributed by atoms with Crippen molar-refractivity contribution in [1.29, 1.82) is 0 Å². The molecule has 0 aliphatic carbocycles. The van der Waals surface area contributed by atoms with E-state index in [1.807, 2.05) is 6.92 Å². The van der Waals surface area contributed by atoms with Crippen molar-refractivity contribution in [3.8, 4) is 0 Å². The third-order valence-corrected chi connectivity index (χ3v) is 3.66. The van der Waals surface area contributed by atoms with E-state index in [-0.39, 0.29) is 36.6 Å². The summed E-state index contributed by atoms with van der Waals surface area (Å²) in [5, 5.41) is 2.94. The molecule has 1 aliphatic rings. The Balaban J connectivity index is 0. The summed E-state index contributed by atoms with van der Waals surface area (Å²) in [6.07, 6.45) is 5.03. The number of hydrogen-bond acceptors (Lipinski definition) is 3. The lowest BCUT2D eigenvalue weighted by Crippen LogP contribution is -2.40. The number of piperidine rings is 1. The standard InChI is InChI=1S/C13H27N3O.2ClH/c1-11(10-14)13(17)15-7-5-9-16-8-4-3-6-12(16)2;;/h11-12H,3-10,14H2,1-2H3,(H,15,17);2*1H. The van der Waals surface area contributed by atoms with Crippen LogP contribution < -0.4 is 11.1 Å². The summed E-state index contributed by atoms with van der Waals surface area (Å²) in [5.74, 6) is 0.0168. The summed E-state index contributed by atoms with van der Waals surface area (Å²) in [4.78, 5) is 14.0. The van der Waals surface area contributed by atoms with E-state index in [2.05, 4.69) is 17.1 Å². The molecule has 1 rings (SSSR count). The molecule has 4 nitrogen and oxygen atoms in total. The minimum Gasteiger partial charge on any atom is -0.356 e. The average Bonchev–Trinajstić information content (AvgIpc) is 2.35. The first-order valence-corrected chi connectivity index (χ1v) is 6.87. The fourth-order valence-corrected chi connectivity index (χ4v) is 2.26. The van der Waals surface area contributed by atoms with Gasteiger partial charge in [0.05, 0.1) is 0 Å². The number of carbonyl (C=O) groups excluding carboxylic acids is 1. The molecule has 1 heterocycles. The predicted molar refractivity (Wildman–Crippen MR) is 85.2 cm³/mol. The number of halogens is 2. The molecule has 19 heavy (non-hydrogen) atoms. The van der Waals surface area contributed by atoms with Gasteiger partial charge in [0.1, 0.15) is 0 Å². The third kappa shape index (κ3) is 7.98. The molecular weight excluding hydrogens is 285 g/mol. The number of nitrogens with one attached hydrogen (secondary N) is 1. The predicted octanol–water partition coefficient (Wildman–Crippen LogP) is 1.81. The second-order valence-corrected chi connectivity index (χ2v) is 5.16. The highest BCUT2D eigenvalue weighted by Gasteiger charge is 2.17. The first-order chi connectivity index (χ1) is 8.15. The molecule has 0 aromatic rings. The van der Waals surface area contributed by atoms with Crippen LogP contribution in [-0.4, -0.2) is 43.0 Å². The van der Waals surface area contributed by atoms with E-state index in [0.717, 1.165) is 19.5 Å². The van der Waals surface area contributed by atoms with Crippen LogP contribution in [0.4, 0.5) is 0 Å². The smallest absolute Gasteiger partial charge is 0.224 e. The van der Waals surface area contributed by atoms with Gasteiger partial charge in [0, 0.05) is 31.6 Å². The van der Waals surface area contributed by atoms with E-state index < -0.39 is 0 Å². The van der Waals surface area contributed by atoms with Crippen molar-refractivity contribution in [3.63, 3.8) is 0 Å². The fraction of sp³-hybridized carbons (Fsp3) is 0.923. The van der Waals surface area contributed by atoms with Gasteiger partial charge < -0.3 is 16.0 Å². The molecule has 0 aromatic heterocycles. The molecule has 0 bridgehead atoms. The quantitative estimate of drug-likeness (QED) is 0.735. The van der Waals surface area contributed by atoms with Crippen LogP contribution in [0.15, 0.2) is 0 Å². The summed E-state index contributed by atoms with van der Waals surface area (Å²) < 4.78 is 0. The Morgan fingerprint density at radius 3 is 2.68 bits per heavy atom. The van der Waals surface area contributed by atoms with Gasteiger partial charge in [-0.05, 0) is 32.7 Å². The zero-order chi connectivity index (χ0) is 12.7. The van der Waals surface area contributed by atoms with Gasteiger partial charge in [-0.3, -0.25) is 4.79 Å². The van der Waals surface area contributed by atoms with Crippen molar-refractivity contribution in [1.82, 2.24) is 10.2 Å². The van der Waals surface area contributed by atoms with Crippen LogP contribution in [0.2, 0.25) is 0 Å². The number of nitrogens with two attached hydrogens (primary N) is 1. The Kier molecular flexibility index (Phi) is 13.2. The van der Waals surface area contributed by atoms with Gasteiger partial charge >= 0.3 is 0 Å². The maximum Gasteiger partial charge on any atom is 0.224 e. The highest BCUT2D eigenvalue weighted by Crippen LogP contribution is 2.15. The molecular formula is C13H29Cl2N3O. The van der Waals surface area contributed by atoms with E-state index in [1.54, 1.807) is 0 Å². The van der Waals surface area contributed by atoms with Gasteiger partial charge in [0.25, 0.3) is 0 Å². The lowest BCUT2D eigenvalue weighted by molar-refractivity contribution is -0.124. The molecule has 1 aliphatic heterocycles. The highest BCUT2D eigenvalue weighted by atomic mass is 35.5. The maximum atomic E-state index is 11.5. The third-order valence-electron chi connectivity index (χ3n) is 3.66. The Labute approximate surface area is 129 Å². The van der Waals surface area contributed by atoms with E-state index in [4.69, 9.17) is 5.73 Å². The summed E-state index contributed by atoms with van der Waals surface area (Å²) >= 11 is 0. The molecule has 1 amide bonds. The van der Waals surface area contributed by atoms with Crippen molar-refractivity contribution >= 4 is 30.7 Å². The minimum absolute atomic E-state index is 0. The largest absolute Gasteiger partial charge is 0.356 e. The summed E-state index contributed by atoms with van der Waals surface area (Å²) in [6.45, 7) is 7.67. The molecule has 1 fully saturated rings. The molecule has 2 atom stereocenters. The summed E-state index contributed by atoms with van der Waals surface area (Å²) in [5.41, 5.74) is 5.44. The number of hydrogen-bond donors (Lipinski definition) is 2. The van der Waals surface area contributed by atoms with E-state index in [9.17, 15) is 4.79 Å². The van der Waals surface area contributed by atoms with Crippen LogP contribution >= 0.6 is 24.8 Å². The van der Waals surface area contributed by atoms with E-state index in [0.29, 0.717) is 12.6 Å². The van der Waals surface area contributed by atoms with Crippen LogP contribution in [0.5, 0.6) is 0 Å². The minimum atomic E-state index is -0.0658. The zero-order valence-corrected chi connectivity index (χ0v) is 13.7. The summed E-state index contributed by atoms with van der Waals surface area (Å²) in [7, 11) is 0. The highest BCUT2D eigenvalue weighted by molar-refractivity contribution is 5.85. The maximum absolute atomic E-state index is 11.5. The van der Waals surface area contributed by atoms with Crippen LogP contribution in [0.25, 0.3) is 0 Å². The van der Waals surface area contributed by atoms with Crippen molar-refractivity contribution < 1.29 is 4.79 Å². The van der Waals surface area contributed by atoms with Crippen LogP contribution in [0.1, 0.15) is 39.5 Å². The molecule has 0 spiro atoms. The van der Waals surface area contributed by atoms with Gasteiger partial charge in [0.2, 0.25) is 5.91 Å². The van der Waals surface area contributed by atoms with Crippen molar-refractivity contribution in [3.05, 3.63) is 0 Å². The SMILES string of the molecule is CC(CN)C(=O)NCCCN1CCCCC1C.Cl.Cl. The second kappa shape index (κ2) is 11.8. The van der Waals surface area contributed by atoms with Gasteiger partial charge in [-0.2, -0.15) is 0 Å². The molecule has 3 N–H and O–H groups in total. The Hall–Kier alpha value is -0.0300. The number of rotatable bonds is 6. The molecule has 6 heteroatoms. The average molecular weight is 314 g/mol. The van der Waals surface area contributed by atoms with Crippen LogP contribution in [0, 0.1) is 5.92 Å². The molecule has 0 aromatic carbocycles. The van der Waals surface area contributed by atoms with Crippen molar-refractivity contribution in [2.24, 2.45) is 11.7 Å².